The number of ether oxygens (including phenoxy) is 1. The topological polar surface area (TPSA) is 67.3 Å². The summed E-state index contributed by atoms with van der Waals surface area (Å²) in [5.41, 5.74) is 0. The molecule has 0 radical (unpaired) electrons. The number of anilines is 1. The van der Waals surface area contributed by atoms with Gasteiger partial charge in [-0.1, -0.05) is 13.8 Å². The molecule has 1 aliphatic rings. The molecule has 6 nitrogen and oxygen atoms in total. The Hall–Kier alpha value is -1.85. The first-order valence-corrected chi connectivity index (χ1v) is 7.60. The molecule has 1 aliphatic heterocycles. The van der Waals surface area contributed by atoms with Gasteiger partial charge in [-0.3, -0.25) is 4.79 Å². The minimum Gasteiger partial charge on any atom is -0.478 e. The molecular weight excluding hydrogens is 268 g/mol. The third-order valence-electron chi connectivity index (χ3n) is 3.54. The van der Waals surface area contributed by atoms with E-state index in [1.165, 1.54) is 6.33 Å². The van der Waals surface area contributed by atoms with Gasteiger partial charge in [-0.15, -0.1) is 0 Å². The van der Waals surface area contributed by atoms with Crippen molar-refractivity contribution in [1.82, 2.24) is 15.3 Å². The monoisotopic (exact) mass is 292 g/mol. The van der Waals surface area contributed by atoms with Crippen LogP contribution in [0.1, 0.15) is 33.6 Å². The second kappa shape index (κ2) is 7.24. The van der Waals surface area contributed by atoms with Crippen molar-refractivity contribution in [3.05, 3.63) is 12.4 Å². The molecule has 1 fully saturated rings. The molecule has 0 aliphatic carbocycles. The Kier molecular flexibility index (Phi) is 5.36. The fourth-order valence-corrected chi connectivity index (χ4v) is 2.40. The molecule has 6 heteroatoms. The number of carbonyl (C=O) groups excluding carboxylic acids is 1. The summed E-state index contributed by atoms with van der Waals surface area (Å²) in [4.78, 5) is 22.4. The number of carbonyl (C=O) groups is 1. The standard InChI is InChI=1S/C15H24N4O2/c1-4-21-14-8-13(16-10-17-14)19-7-5-6-12(9-19)18-15(20)11(2)3/h8,10-12H,4-7,9H2,1-3H3,(H,18,20)/t12-/m1/s1. The van der Waals surface area contributed by atoms with Crippen LogP contribution in [0.4, 0.5) is 5.82 Å². The maximum Gasteiger partial charge on any atom is 0.222 e. The minimum absolute atomic E-state index is 0.0176. The van der Waals surface area contributed by atoms with Gasteiger partial charge in [0.15, 0.2) is 0 Å². The van der Waals surface area contributed by atoms with Crippen LogP contribution in [0.15, 0.2) is 12.4 Å². The van der Waals surface area contributed by atoms with Gasteiger partial charge in [-0.05, 0) is 19.8 Å². The highest BCUT2D eigenvalue weighted by Gasteiger charge is 2.23. The second-order valence-corrected chi connectivity index (χ2v) is 5.60. The average molecular weight is 292 g/mol. The first-order valence-electron chi connectivity index (χ1n) is 7.60. The fourth-order valence-electron chi connectivity index (χ4n) is 2.40. The van der Waals surface area contributed by atoms with Gasteiger partial charge in [0, 0.05) is 31.1 Å². The van der Waals surface area contributed by atoms with Crippen LogP contribution in [0, 0.1) is 5.92 Å². The largest absolute Gasteiger partial charge is 0.478 e. The van der Waals surface area contributed by atoms with Crippen LogP contribution >= 0.6 is 0 Å². The summed E-state index contributed by atoms with van der Waals surface area (Å²) >= 11 is 0. The quantitative estimate of drug-likeness (QED) is 0.893. The molecule has 21 heavy (non-hydrogen) atoms. The van der Waals surface area contributed by atoms with Crippen LogP contribution < -0.4 is 15.0 Å². The lowest BCUT2D eigenvalue weighted by atomic mass is 10.0. The summed E-state index contributed by atoms with van der Waals surface area (Å²) < 4.78 is 5.41. The van der Waals surface area contributed by atoms with Crippen molar-refractivity contribution in [3.63, 3.8) is 0 Å². The van der Waals surface area contributed by atoms with E-state index in [1.807, 2.05) is 26.8 Å². The van der Waals surface area contributed by atoms with Gasteiger partial charge in [0.05, 0.1) is 6.61 Å². The van der Waals surface area contributed by atoms with Crippen LogP contribution in [0.3, 0.4) is 0 Å². The minimum atomic E-state index is 0.0176. The summed E-state index contributed by atoms with van der Waals surface area (Å²) in [5, 5.41) is 3.10. The number of rotatable bonds is 5. The zero-order valence-electron chi connectivity index (χ0n) is 13.0. The van der Waals surface area contributed by atoms with Crippen molar-refractivity contribution < 1.29 is 9.53 Å². The first-order chi connectivity index (χ1) is 10.1. The molecule has 116 valence electrons. The summed E-state index contributed by atoms with van der Waals surface area (Å²) in [5.74, 6) is 1.58. The van der Waals surface area contributed by atoms with Crippen molar-refractivity contribution in [2.75, 3.05) is 24.6 Å². The Labute approximate surface area is 125 Å². The van der Waals surface area contributed by atoms with Crippen LogP contribution in [0.2, 0.25) is 0 Å². The van der Waals surface area contributed by atoms with E-state index in [9.17, 15) is 4.79 Å². The Morgan fingerprint density at radius 3 is 3.05 bits per heavy atom. The van der Waals surface area contributed by atoms with Crippen molar-refractivity contribution in [3.8, 4) is 5.88 Å². The van der Waals surface area contributed by atoms with Crippen molar-refractivity contribution in [1.29, 1.82) is 0 Å². The molecule has 0 spiro atoms. The molecule has 1 atom stereocenters. The van der Waals surface area contributed by atoms with Crippen LogP contribution in [0.25, 0.3) is 0 Å². The number of nitrogens with one attached hydrogen (secondary N) is 1. The van der Waals surface area contributed by atoms with Gasteiger partial charge in [0.25, 0.3) is 0 Å². The Balaban J connectivity index is 2.00. The Bertz CT molecular complexity index is 478. The molecule has 0 unspecified atom stereocenters. The molecule has 1 N–H and O–H groups in total. The van der Waals surface area contributed by atoms with Gasteiger partial charge in [-0.25, -0.2) is 9.97 Å². The van der Waals surface area contributed by atoms with Crippen molar-refractivity contribution in [2.45, 2.75) is 39.7 Å². The number of aromatic nitrogens is 2. The summed E-state index contributed by atoms with van der Waals surface area (Å²) in [7, 11) is 0. The highest BCUT2D eigenvalue weighted by atomic mass is 16.5. The summed E-state index contributed by atoms with van der Waals surface area (Å²) in [6, 6.07) is 2.04. The SMILES string of the molecule is CCOc1cc(N2CCC[C@@H](NC(=O)C(C)C)C2)ncn1. The lowest BCUT2D eigenvalue weighted by Gasteiger charge is -2.34. The number of nitrogens with zero attached hydrogens (tertiary/aromatic N) is 3. The summed E-state index contributed by atoms with van der Waals surface area (Å²) in [6.07, 6.45) is 3.58. The smallest absolute Gasteiger partial charge is 0.222 e. The second-order valence-electron chi connectivity index (χ2n) is 5.60. The van der Waals surface area contributed by atoms with E-state index in [-0.39, 0.29) is 17.9 Å². The number of piperidine rings is 1. The lowest BCUT2D eigenvalue weighted by Crippen LogP contribution is -2.49. The molecule has 1 aromatic heterocycles. The molecule has 1 saturated heterocycles. The van der Waals surface area contributed by atoms with E-state index >= 15 is 0 Å². The van der Waals surface area contributed by atoms with Crippen LogP contribution in [-0.4, -0.2) is 41.6 Å². The first kappa shape index (κ1) is 15.5. The van der Waals surface area contributed by atoms with Gasteiger partial charge >= 0.3 is 0 Å². The predicted molar refractivity (Wildman–Crippen MR) is 81.4 cm³/mol. The third-order valence-corrected chi connectivity index (χ3v) is 3.54. The molecule has 0 saturated carbocycles. The Morgan fingerprint density at radius 2 is 2.33 bits per heavy atom. The highest BCUT2D eigenvalue weighted by Crippen LogP contribution is 2.20. The molecule has 1 amide bonds. The van der Waals surface area contributed by atoms with E-state index < -0.39 is 0 Å². The molecular formula is C15H24N4O2. The predicted octanol–water partition coefficient (Wildman–Crippen LogP) is 1.62. The van der Waals surface area contributed by atoms with Gasteiger partial charge in [-0.2, -0.15) is 0 Å². The fraction of sp³-hybridized carbons (Fsp3) is 0.667. The van der Waals surface area contributed by atoms with Crippen molar-refractivity contribution >= 4 is 11.7 Å². The van der Waals surface area contributed by atoms with Crippen molar-refractivity contribution in [2.24, 2.45) is 5.92 Å². The van der Waals surface area contributed by atoms with E-state index in [1.54, 1.807) is 0 Å². The van der Waals surface area contributed by atoms with E-state index in [4.69, 9.17) is 4.74 Å². The van der Waals surface area contributed by atoms with Gasteiger partial charge in [0.1, 0.15) is 12.1 Å². The highest BCUT2D eigenvalue weighted by molar-refractivity contribution is 5.78. The molecule has 0 bridgehead atoms. The van der Waals surface area contributed by atoms with Gasteiger partial charge < -0.3 is 15.0 Å². The van der Waals surface area contributed by atoms with Gasteiger partial charge in [0.2, 0.25) is 11.8 Å². The third kappa shape index (κ3) is 4.31. The lowest BCUT2D eigenvalue weighted by molar-refractivity contribution is -0.124. The van der Waals surface area contributed by atoms with E-state index in [2.05, 4.69) is 20.2 Å². The molecule has 1 aromatic rings. The average Bonchev–Trinajstić information content (AvgIpc) is 2.48. The number of hydrogen-bond acceptors (Lipinski definition) is 5. The molecule has 2 heterocycles. The van der Waals surface area contributed by atoms with E-state index in [0.717, 1.165) is 31.7 Å². The Morgan fingerprint density at radius 1 is 1.52 bits per heavy atom. The summed E-state index contributed by atoms with van der Waals surface area (Å²) in [6.45, 7) is 8.06. The molecule has 2 rings (SSSR count). The zero-order valence-corrected chi connectivity index (χ0v) is 13.0. The van der Waals surface area contributed by atoms with Crippen LogP contribution in [0.5, 0.6) is 5.88 Å². The normalized spacial score (nSPS) is 18.7. The van der Waals surface area contributed by atoms with Crippen LogP contribution in [-0.2, 0) is 4.79 Å². The number of hydrogen-bond donors (Lipinski definition) is 1. The maximum atomic E-state index is 11.8. The van der Waals surface area contributed by atoms with E-state index in [0.29, 0.717) is 12.5 Å². The zero-order chi connectivity index (χ0) is 15.2. The molecule has 0 aromatic carbocycles. The number of amides is 1. The maximum absolute atomic E-state index is 11.8.